The van der Waals surface area contributed by atoms with Gasteiger partial charge in [-0.1, -0.05) is 144 Å². The zero-order chi connectivity index (χ0) is 48.1. The van der Waals surface area contributed by atoms with E-state index in [1.54, 1.807) is 0 Å². The Kier molecular flexibility index (Phi) is 8.64. The summed E-state index contributed by atoms with van der Waals surface area (Å²) >= 11 is 0. The molecule has 0 bridgehead atoms. The zero-order valence-electron chi connectivity index (χ0n) is 43.5. The lowest BCUT2D eigenvalue weighted by Crippen LogP contribution is -2.62. The van der Waals surface area contributed by atoms with Crippen LogP contribution in [-0.2, 0) is 32.5 Å². The van der Waals surface area contributed by atoms with Gasteiger partial charge in [0, 0.05) is 33.4 Å². The average Bonchev–Trinajstić information content (AvgIpc) is 3.70. The third-order valence-electron chi connectivity index (χ3n) is 18.9. The van der Waals surface area contributed by atoms with E-state index in [4.69, 9.17) is 4.42 Å². The number of hydrogen-bond donors (Lipinski definition) is 0. The van der Waals surface area contributed by atoms with Crippen molar-refractivity contribution in [3.63, 3.8) is 0 Å². The second-order valence-electron chi connectivity index (χ2n) is 26.1. The fraction of sp³-hybridized carbons (Fsp3) is 0.385. The molecule has 3 aliphatic carbocycles. The van der Waals surface area contributed by atoms with Crippen LogP contribution in [0.1, 0.15) is 161 Å². The van der Waals surface area contributed by atoms with Crippen LogP contribution in [0.3, 0.4) is 0 Å². The Labute approximate surface area is 411 Å². The number of aryl methyl sites for hydroxylation is 1. The van der Waals surface area contributed by atoms with E-state index < -0.39 is 0 Å². The van der Waals surface area contributed by atoms with Crippen LogP contribution in [0.2, 0.25) is 0 Å². The van der Waals surface area contributed by atoms with Crippen LogP contribution in [0.4, 0.5) is 28.4 Å². The van der Waals surface area contributed by atoms with Crippen molar-refractivity contribution >= 4 is 78.9 Å². The third kappa shape index (κ3) is 5.93. The Hall–Kier alpha value is -5.74. The van der Waals surface area contributed by atoms with E-state index in [-0.39, 0.29) is 39.3 Å². The molecule has 3 heterocycles. The molecule has 0 unspecified atom stereocenters. The van der Waals surface area contributed by atoms with Crippen LogP contribution in [0.15, 0.2) is 114 Å². The summed E-state index contributed by atoms with van der Waals surface area (Å²) in [7, 11) is 0. The van der Waals surface area contributed by atoms with Crippen molar-refractivity contribution in [2.24, 2.45) is 0 Å². The Balaban J connectivity index is 1.22. The second kappa shape index (κ2) is 13.8. The molecule has 7 aromatic carbocycles. The number of rotatable bonds is 2. The summed E-state index contributed by atoms with van der Waals surface area (Å²) in [4.78, 5) is 5.54. The highest BCUT2D eigenvalue weighted by molar-refractivity contribution is 6.94. The molecule has 8 aromatic rings. The summed E-state index contributed by atoms with van der Waals surface area (Å²) in [5.74, 6) is 0. The van der Waals surface area contributed by atoms with Crippen molar-refractivity contribution in [1.82, 2.24) is 0 Å². The van der Waals surface area contributed by atoms with Gasteiger partial charge in [-0.05, 0) is 187 Å². The summed E-state index contributed by atoms with van der Waals surface area (Å²) in [5, 5.41) is 4.90. The first-order chi connectivity index (χ1) is 32.6. The molecule has 0 radical (unpaired) electrons. The highest BCUT2D eigenvalue weighted by atomic mass is 16.3. The van der Waals surface area contributed by atoms with Gasteiger partial charge >= 0.3 is 6.85 Å². The predicted octanol–water partition coefficient (Wildman–Crippen LogP) is 16.8. The zero-order valence-corrected chi connectivity index (χ0v) is 43.5. The lowest BCUT2D eigenvalue weighted by Gasteiger charge is -2.49. The highest BCUT2D eigenvalue weighted by Crippen LogP contribution is 2.58. The quantitative estimate of drug-likeness (QED) is 0.161. The molecule has 2 aliphatic heterocycles. The van der Waals surface area contributed by atoms with Crippen molar-refractivity contribution in [2.75, 3.05) is 9.71 Å². The normalized spacial score (nSPS) is 20.5. The third-order valence-corrected chi connectivity index (χ3v) is 18.9. The molecule has 13 rings (SSSR count). The Morgan fingerprint density at radius 3 is 1.64 bits per heavy atom. The fourth-order valence-electron chi connectivity index (χ4n) is 14.3. The number of para-hydroxylation sites is 1. The minimum atomic E-state index is -0.125. The van der Waals surface area contributed by atoms with E-state index in [9.17, 15) is 0 Å². The smallest absolute Gasteiger partial charge is 0.333 e. The number of furan rings is 1. The molecular formula is C65H69BN2O. The van der Waals surface area contributed by atoms with Gasteiger partial charge in [-0.15, -0.1) is 0 Å². The predicted molar refractivity (Wildman–Crippen MR) is 296 cm³/mol. The lowest BCUT2D eigenvalue weighted by molar-refractivity contribution is 0.332. The first-order valence-corrected chi connectivity index (χ1v) is 26.2. The molecule has 0 spiro atoms. The molecule has 3 nitrogen and oxygen atoms in total. The number of hydrogen-bond acceptors (Lipinski definition) is 3. The van der Waals surface area contributed by atoms with Gasteiger partial charge in [0.1, 0.15) is 11.2 Å². The molecule has 0 N–H and O–H groups in total. The number of fused-ring (bicyclic) bond motifs is 13. The molecule has 0 atom stereocenters. The van der Waals surface area contributed by atoms with Crippen molar-refractivity contribution in [3.05, 3.63) is 148 Å². The van der Waals surface area contributed by atoms with Crippen LogP contribution in [0.5, 0.6) is 0 Å². The Bertz CT molecular complexity index is 3560. The summed E-state index contributed by atoms with van der Waals surface area (Å²) in [6, 6.07) is 43.4. The number of anilines is 5. The van der Waals surface area contributed by atoms with Gasteiger partial charge in [0.15, 0.2) is 0 Å². The SMILES string of the molecule is Cc1cc2c(cc1N1c3c4c(cc5ccccc35)-c3cc5c(cc3N(c3ccc6c(c3)C(C)(C)CCC6(C)C)B4c3ccc4oc6ccccc6c4c31)C(C)(C)CCC5(C)C)C(C)(C)CCC2(C)C. The van der Waals surface area contributed by atoms with Gasteiger partial charge < -0.3 is 14.1 Å². The molecule has 69 heavy (non-hydrogen) atoms. The van der Waals surface area contributed by atoms with Crippen LogP contribution < -0.4 is 20.6 Å². The molecular weight excluding hydrogens is 836 g/mol. The Morgan fingerprint density at radius 1 is 0.449 bits per heavy atom. The summed E-state index contributed by atoms with van der Waals surface area (Å²) < 4.78 is 6.90. The van der Waals surface area contributed by atoms with Crippen LogP contribution in [-0.4, -0.2) is 6.85 Å². The van der Waals surface area contributed by atoms with E-state index in [2.05, 4.69) is 209 Å². The van der Waals surface area contributed by atoms with Crippen LogP contribution in [0.25, 0.3) is 43.8 Å². The van der Waals surface area contributed by atoms with E-state index in [1.165, 1.54) is 138 Å². The molecule has 4 heteroatoms. The van der Waals surface area contributed by atoms with Crippen molar-refractivity contribution in [3.8, 4) is 11.1 Å². The van der Waals surface area contributed by atoms with Gasteiger partial charge in [-0.2, -0.15) is 0 Å². The highest BCUT2D eigenvalue weighted by Gasteiger charge is 2.50. The lowest BCUT2D eigenvalue weighted by atomic mass is 9.42. The fourth-order valence-corrected chi connectivity index (χ4v) is 14.3. The van der Waals surface area contributed by atoms with Crippen molar-refractivity contribution in [2.45, 2.75) is 161 Å². The van der Waals surface area contributed by atoms with Crippen LogP contribution in [0, 0.1) is 6.92 Å². The van der Waals surface area contributed by atoms with E-state index >= 15 is 0 Å². The van der Waals surface area contributed by atoms with E-state index in [1.807, 2.05) is 0 Å². The average molecular weight is 905 g/mol. The number of nitrogens with zero attached hydrogens (tertiary/aromatic N) is 2. The standard InChI is InChI=1S/C65H69BN2O/c1-38-32-46-49(64(10,11)30-28-61(46,4)5)36-52(38)67-58-41-19-15-14-18-39(41)33-44-43-35-48-50(65(12,13)31-29-63(48,8)9)37-53(43)68(40-22-23-45-47(34-40)62(6,7)27-26-60(45,2)3)66(57(44)58)51-24-25-55-56(59(51)67)42-20-16-17-21-54(42)69-55/h14-25,32-37H,26-31H2,1-13H3. The van der Waals surface area contributed by atoms with Gasteiger partial charge in [0.05, 0.1) is 16.8 Å². The van der Waals surface area contributed by atoms with Crippen molar-refractivity contribution < 1.29 is 4.42 Å². The summed E-state index contributed by atoms with van der Waals surface area (Å²) in [5.41, 5.74) is 24.3. The molecule has 348 valence electrons. The minimum Gasteiger partial charge on any atom is -0.456 e. The topological polar surface area (TPSA) is 19.6 Å². The first-order valence-electron chi connectivity index (χ1n) is 26.2. The van der Waals surface area contributed by atoms with Crippen molar-refractivity contribution in [1.29, 1.82) is 0 Å². The van der Waals surface area contributed by atoms with Gasteiger partial charge in [-0.25, -0.2) is 0 Å². The maximum absolute atomic E-state index is 6.90. The molecule has 0 saturated heterocycles. The first kappa shape index (κ1) is 43.3. The molecule has 0 saturated carbocycles. The Morgan fingerprint density at radius 2 is 0.986 bits per heavy atom. The molecule has 1 aromatic heterocycles. The maximum atomic E-state index is 6.90. The molecule has 0 fully saturated rings. The van der Waals surface area contributed by atoms with Crippen LogP contribution >= 0.6 is 0 Å². The second-order valence-corrected chi connectivity index (χ2v) is 26.1. The van der Waals surface area contributed by atoms with Gasteiger partial charge in [0.2, 0.25) is 0 Å². The minimum absolute atomic E-state index is 0.0329. The number of benzene rings is 7. The van der Waals surface area contributed by atoms with E-state index in [0.29, 0.717) is 0 Å². The summed E-state index contributed by atoms with van der Waals surface area (Å²) in [6.07, 6.45) is 7.04. The summed E-state index contributed by atoms with van der Waals surface area (Å²) in [6.45, 7) is 31.9. The largest absolute Gasteiger partial charge is 0.456 e. The van der Waals surface area contributed by atoms with Gasteiger partial charge in [-0.3, -0.25) is 0 Å². The monoisotopic (exact) mass is 905 g/mol. The van der Waals surface area contributed by atoms with E-state index in [0.717, 1.165) is 23.0 Å². The van der Waals surface area contributed by atoms with Gasteiger partial charge in [0.25, 0.3) is 0 Å². The molecule has 0 amide bonds. The maximum Gasteiger partial charge on any atom is 0.333 e. The molecule has 5 aliphatic rings.